The highest BCUT2D eigenvalue weighted by molar-refractivity contribution is 14.0. The minimum Gasteiger partial charge on any atom is -0.356 e. The molecule has 1 aromatic rings. The van der Waals surface area contributed by atoms with E-state index in [0.29, 0.717) is 25.9 Å². The van der Waals surface area contributed by atoms with Crippen LogP contribution in [0.5, 0.6) is 0 Å². The van der Waals surface area contributed by atoms with Crippen LogP contribution in [0.3, 0.4) is 0 Å². The Morgan fingerprint density at radius 2 is 1.85 bits per heavy atom. The van der Waals surface area contributed by atoms with Crippen LogP contribution in [0.15, 0.2) is 35.3 Å². The summed E-state index contributed by atoms with van der Waals surface area (Å²) in [7, 11) is -0.665. The molecule has 0 bridgehead atoms. The Labute approximate surface area is 177 Å². The molecular formula is C17H27F2IN4O2S. The molecule has 0 aliphatic carbocycles. The number of halogens is 3. The van der Waals surface area contributed by atoms with Crippen LogP contribution in [0.1, 0.15) is 18.4 Å². The number of guanidine groups is 1. The lowest BCUT2D eigenvalue weighted by molar-refractivity contribution is 0.204. The summed E-state index contributed by atoms with van der Waals surface area (Å²) in [6.07, 6.45) is 1.11. The zero-order chi connectivity index (χ0) is 19.2. The molecule has 154 valence electrons. The molecule has 2 rings (SSSR count). The summed E-state index contributed by atoms with van der Waals surface area (Å²) in [6, 6.07) is 9.91. The van der Waals surface area contributed by atoms with E-state index in [9.17, 15) is 17.2 Å². The lowest BCUT2D eigenvalue weighted by Gasteiger charge is -2.31. The fourth-order valence-corrected chi connectivity index (χ4v) is 3.77. The number of benzene rings is 1. The van der Waals surface area contributed by atoms with Crippen LogP contribution in [0, 0.1) is 5.92 Å². The standard InChI is InChI=1S/C17H26F2N4O2S.HI/c1-22(2)17(20-12-14-6-4-3-5-7-14)21-13-15-8-10-23(11-9-15)26(24,25)16(18)19;/h3-7,15-16H,8-13H2,1-2H3,(H,20,21);1H. The molecule has 27 heavy (non-hydrogen) atoms. The second-order valence-electron chi connectivity index (χ2n) is 6.55. The maximum absolute atomic E-state index is 12.6. The molecule has 6 nitrogen and oxygen atoms in total. The Morgan fingerprint density at radius 1 is 1.26 bits per heavy atom. The highest BCUT2D eigenvalue weighted by atomic mass is 127. The van der Waals surface area contributed by atoms with Crippen LogP contribution in [0.4, 0.5) is 8.78 Å². The minimum absolute atomic E-state index is 0. The van der Waals surface area contributed by atoms with Crippen LogP contribution in [-0.4, -0.2) is 63.1 Å². The molecule has 0 aromatic heterocycles. The number of hydrogen-bond donors (Lipinski definition) is 1. The maximum Gasteiger partial charge on any atom is 0.350 e. The Balaban J connectivity index is 0.00000364. The van der Waals surface area contributed by atoms with Gasteiger partial charge >= 0.3 is 5.76 Å². The number of aliphatic imine (C=N–C) groups is 1. The van der Waals surface area contributed by atoms with Gasteiger partial charge in [0.25, 0.3) is 10.0 Å². The second-order valence-corrected chi connectivity index (χ2v) is 8.45. The van der Waals surface area contributed by atoms with Crippen LogP contribution in [0.2, 0.25) is 0 Å². The molecule has 1 N–H and O–H groups in total. The Bertz CT molecular complexity index is 694. The van der Waals surface area contributed by atoms with Gasteiger partial charge in [-0.15, -0.1) is 24.0 Å². The van der Waals surface area contributed by atoms with Crippen LogP contribution in [-0.2, 0) is 16.6 Å². The van der Waals surface area contributed by atoms with Crippen molar-refractivity contribution >= 4 is 40.0 Å². The summed E-state index contributed by atoms with van der Waals surface area (Å²) in [6.45, 7) is 1.47. The average molecular weight is 516 g/mol. The molecule has 10 heteroatoms. The summed E-state index contributed by atoms with van der Waals surface area (Å²) in [5.41, 5.74) is 1.11. The van der Waals surface area contributed by atoms with Crippen LogP contribution >= 0.6 is 24.0 Å². The van der Waals surface area contributed by atoms with E-state index in [4.69, 9.17) is 0 Å². The summed E-state index contributed by atoms with van der Waals surface area (Å²) in [5.74, 6) is -2.37. The highest BCUT2D eigenvalue weighted by Crippen LogP contribution is 2.22. The number of hydrogen-bond acceptors (Lipinski definition) is 3. The van der Waals surface area contributed by atoms with Crippen molar-refractivity contribution in [3.63, 3.8) is 0 Å². The van der Waals surface area contributed by atoms with Gasteiger partial charge in [-0.1, -0.05) is 30.3 Å². The SMILES string of the molecule is CN(C)C(=NCc1ccccc1)NCC1CCN(S(=O)(=O)C(F)F)CC1.I. The number of nitrogens with one attached hydrogen (secondary N) is 1. The van der Waals surface area contributed by atoms with E-state index >= 15 is 0 Å². The first-order valence-electron chi connectivity index (χ1n) is 8.57. The molecule has 1 saturated heterocycles. The van der Waals surface area contributed by atoms with Gasteiger partial charge in [-0.2, -0.15) is 13.1 Å². The topological polar surface area (TPSA) is 65.0 Å². The molecule has 1 fully saturated rings. The highest BCUT2D eigenvalue weighted by Gasteiger charge is 2.34. The third kappa shape index (κ3) is 7.15. The first kappa shape index (κ1) is 24.0. The molecule has 0 radical (unpaired) electrons. The Hall–Kier alpha value is -1.01. The molecule has 0 atom stereocenters. The second kappa shape index (κ2) is 11.1. The number of nitrogens with zero attached hydrogens (tertiary/aromatic N) is 3. The van der Waals surface area contributed by atoms with Crippen molar-refractivity contribution in [1.29, 1.82) is 0 Å². The molecule has 1 aromatic carbocycles. The van der Waals surface area contributed by atoms with E-state index in [2.05, 4.69) is 10.3 Å². The summed E-state index contributed by atoms with van der Waals surface area (Å²) in [4.78, 5) is 6.47. The normalized spacial score (nSPS) is 16.9. The van der Waals surface area contributed by atoms with Crippen molar-refractivity contribution in [3.05, 3.63) is 35.9 Å². The zero-order valence-electron chi connectivity index (χ0n) is 15.5. The number of sulfonamides is 1. The average Bonchev–Trinajstić information content (AvgIpc) is 2.62. The number of alkyl halides is 2. The molecule has 0 saturated carbocycles. The molecule has 1 heterocycles. The minimum atomic E-state index is -4.46. The third-order valence-electron chi connectivity index (χ3n) is 4.39. The first-order valence-corrected chi connectivity index (χ1v) is 10.1. The largest absolute Gasteiger partial charge is 0.356 e. The quantitative estimate of drug-likeness (QED) is 0.359. The summed E-state index contributed by atoms with van der Waals surface area (Å²) < 4.78 is 49.1. The summed E-state index contributed by atoms with van der Waals surface area (Å²) in [5, 5.41) is 3.30. The van der Waals surface area contributed by atoms with E-state index < -0.39 is 15.8 Å². The van der Waals surface area contributed by atoms with E-state index in [0.717, 1.165) is 15.8 Å². The van der Waals surface area contributed by atoms with E-state index in [-0.39, 0.29) is 43.0 Å². The van der Waals surface area contributed by atoms with Crippen molar-refractivity contribution in [3.8, 4) is 0 Å². The van der Waals surface area contributed by atoms with Gasteiger partial charge in [0, 0.05) is 33.7 Å². The van der Waals surface area contributed by atoms with Gasteiger partial charge in [0.1, 0.15) is 0 Å². The van der Waals surface area contributed by atoms with Crippen LogP contribution < -0.4 is 5.32 Å². The first-order chi connectivity index (χ1) is 12.3. The smallest absolute Gasteiger partial charge is 0.350 e. The number of piperidine rings is 1. The monoisotopic (exact) mass is 516 g/mol. The molecule has 0 spiro atoms. The lowest BCUT2D eigenvalue weighted by Crippen LogP contribution is -2.45. The van der Waals surface area contributed by atoms with Gasteiger partial charge in [-0.25, -0.2) is 13.4 Å². The van der Waals surface area contributed by atoms with Crippen molar-refractivity contribution in [2.75, 3.05) is 33.7 Å². The lowest BCUT2D eigenvalue weighted by atomic mass is 9.98. The maximum atomic E-state index is 12.6. The van der Waals surface area contributed by atoms with Crippen molar-refractivity contribution in [2.45, 2.75) is 25.1 Å². The Morgan fingerprint density at radius 3 is 2.37 bits per heavy atom. The molecule has 0 amide bonds. The zero-order valence-corrected chi connectivity index (χ0v) is 18.7. The van der Waals surface area contributed by atoms with Gasteiger partial charge in [0.2, 0.25) is 0 Å². The van der Waals surface area contributed by atoms with E-state index in [1.807, 2.05) is 49.3 Å². The fourth-order valence-electron chi connectivity index (χ4n) is 2.82. The van der Waals surface area contributed by atoms with Crippen molar-refractivity contribution in [2.24, 2.45) is 10.9 Å². The predicted octanol–water partition coefficient (Wildman–Crippen LogP) is 2.58. The van der Waals surface area contributed by atoms with Gasteiger partial charge in [-0.05, 0) is 24.3 Å². The van der Waals surface area contributed by atoms with Crippen molar-refractivity contribution < 1.29 is 17.2 Å². The van der Waals surface area contributed by atoms with Crippen molar-refractivity contribution in [1.82, 2.24) is 14.5 Å². The van der Waals surface area contributed by atoms with E-state index in [1.54, 1.807) is 0 Å². The van der Waals surface area contributed by atoms with E-state index in [1.165, 1.54) is 0 Å². The molecule has 0 unspecified atom stereocenters. The summed E-state index contributed by atoms with van der Waals surface area (Å²) >= 11 is 0. The third-order valence-corrected chi connectivity index (χ3v) is 5.92. The molecular weight excluding hydrogens is 489 g/mol. The van der Waals surface area contributed by atoms with Gasteiger partial charge in [0.15, 0.2) is 5.96 Å². The molecule has 1 aliphatic rings. The van der Waals surface area contributed by atoms with Gasteiger partial charge < -0.3 is 10.2 Å². The number of rotatable bonds is 6. The van der Waals surface area contributed by atoms with Gasteiger partial charge in [-0.3, -0.25) is 0 Å². The Kier molecular flexibility index (Phi) is 9.88. The van der Waals surface area contributed by atoms with Gasteiger partial charge in [0.05, 0.1) is 6.54 Å². The molecule has 1 aliphatic heterocycles. The fraction of sp³-hybridized carbons (Fsp3) is 0.588. The predicted molar refractivity (Wildman–Crippen MR) is 114 cm³/mol. The van der Waals surface area contributed by atoms with Crippen LogP contribution in [0.25, 0.3) is 0 Å².